The molecule has 0 atom stereocenters. The van der Waals surface area contributed by atoms with Crippen LogP contribution in [0.1, 0.15) is 37.7 Å². The van der Waals surface area contributed by atoms with Crippen molar-refractivity contribution in [2.75, 3.05) is 7.11 Å². The van der Waals surface area contributed by atoms with E-state index < -0.39 is 0.883 Å². The zero-order valence-corrected chi connectivity index (χ0v) is 21.9. The first-order chi connectivity index (χ1) is 13.4. The molecule has 2 aromatic rings. The van der Waals surface area contributed by atoms with Gasteiger partial charge < -0.3 is 0 Å². The zero-order chi connectivity index (χ0) is 19.5. The topological polar surface area (TPSA) is 35.5 Å². The first-order valence-electron chi connectivity index (χ1n) is 10.5. The second-order valence-corrected chi connectivity index (χ2v) is 27.1. The Morgan fingerprint density at radius 3 is 2.14 bits per heavy atom. The van der Waals surface area contributed by atoms with Crippen molar-refractivity contribution in [1.82, 2.24) is 0 Å². The van der Waals surface area contributed by atoms with Crippen molar-refractivity contribution in [3.8, 4) is 5.75 Å². The van der Waals surface area contributed by atoms with Crippen LogP contribution in [0.15, 0.2) is 42.0 Å². The second kappa shape index (κ2) is 7.75. The Morgan fingerprint density at radius 2 is 1.57 bits per heavy atom. The molecule has 0 amide bonds. The number of methoxy groups -OCH3 is 1. The first-order valence-corrected chi connectivity index (χ1v) is 18.4. The molecular formula is C22H23Na2O3P. The summed E-state index contributed by atoms with van der Waals surface area (Å²) in [7, 11) is 1.82. The minimum absolute atomic E-state index is 0.598. The Morgan fingerprint density at radius 1 is 0.964 bits per heavy atom. The number of hydrogen-bond acceptors (Lipinski definition) is 3. The molecular weight excluding hydrogens is 389 g/mol. The molecule has 136 valence electrons. The Bertz CT molecular complexity index is 975. The van der Waals surface area contributed by atoms with Gasteiger partial charge in [0.25, 0.3) is 0 Å². The van der Waals surface area contributed by atoms with Crippen LogP contribution in [0.5, 0.6) is 5.75 Å². The van der Waals surface area contributed by atoms with E-state index in [1.165, 1.54) is 32.1 Å². The molecule has 0 saturated heterocycles. The van der Waals surface area contributed by atoms with Crippen LogP contribution in [0, 0.1) is 23.7 Å². The maximum absolute atomic E-state index is 12.5. The van der Waals surface area contributed by atoms with Crippen molar-refractivity contribution in [3.63, 3.8) is 0 Å². The van der Waals surface area contributed by atoms with Gasteiger partial charge in [-0.3, -0.25) is 0 Å². The van der Waals surface area contributed by atoms with E-state index >= 15 is 0 Å². The van der Waals surface area contributed by atoms with Crippen LogP contribution in [-0.4, -0.2) is 61.7 Å². The van der Waals surface area contributed by atoms with Gasteiger partial charge in [0.15, 0.2) is 0 Å². The van der Waals surface area contributed by atoms with Crippen LogP contribution in [-0.2, 0) is 9.30 Å². The van der Waals surface area contributed by atoms with Crippen molar-refractivity contribution >= 4 is 72.0 Å². The summed E-state index contributed by atoms with van der Waals surface area (Å²) < 4.78 is 22.3. The average molecular weight is 412 g/mol. The van der Waals surface area contributed by atoms with Gasteiger partial charge in [-0.05, 0) is 0 Å². The molecule has 28 heavy (non-hydrogen) atoms. The van der Waals surface area contributed by atoms with Crippen LogP contribution in [0.4, 0.5) is 0 Å². The summed E-state index contributed by atoms with van der Waals surface area (Å²) in [5.74, 6) is 5.04. The second-order valence-electron chi connectivity index (χ2n) is 9.30. The van der Waals surface area contributed by atoms with Crippen molar-refractivity contribution < 1.29 is 13.8 Å². The fourth-order valence-corrected chi connectivity index (χ4v) is 8.06. The summed E-state index contributed by atoms with van der Waals surface area (Å²) in [6, 6.07) is 12.5. The van der Waals surface area contributed by atoms with Gasteiger partial charge in [-0.15, -0.1) is 0 Å². The van der Waals surface area contributed by atoms with Gasteiger partial charge in [0, 0.05) is 0 Å². The average Bonchev–Trinajstić information content (AvgIpc) is 2.63. The van der Waals surface area contributed by atoms with Crippen molar-refractivity contribution in [1.29, 1.82) is 0 Å². The molecule has 0 heterocycles. The Hall–Kier alpha value is 0.270. The Balaban J connectivity index is 1.71. The number of fused-ring (bicyclic) bond motifs is 1. The van der Waals surface area contributed by atoms with E-state index in [9.17, 15) is 4.57 Å². The van der Waals surface area contributed by atoms with Gasteiger partial charge >= 0.3 is 202 Å². The molecule has 0 spiro atoms. The van der Waals surface area contributed by atoms with Gasteiger partial charge in [0.05, 0.1) is 0 Å². The minimum atomic E-state index is -2.38. The van der Waals surface area contributed by atoms with Crippen LogP contribution >= 0.6 is 0.883 Å². The summed E-state index contributed by atoms with van der Waals surface area (Å²) in [6.45, 7) is 0. The van der Waals surface area contributed by atoms with Crippen LogP contribution in [0.3, 0.4) is 0 Å². The predicted octanol–water partition coefficient (Wildman–Crippen LogP) is 5.48. The third-order valence-electron chi connectivity index (χ3n) is 6.91. The molecule has 0 unspecified atom stereocenters. The van der Waals surface area contributed by atoms with Crippen LogP contribution in [0.25, 0.3) is 16.5 Å². The van der Waals surface area contributed by atoms with Gasteiger partial charge in [0.2, 0.25) is 0 Å². The molecule has 4 bridgehead atoms. The quantitative estimate of drug-likeness (QED) is 0.379. The Labute approximate surface area is 200 Å². The molecule has 0 N–H and O–H groups in total. The summed E-state index contributed by atoms with van der Waals surface area (Å²) >= 11 is 1.20. The van der Waals surface area contributed by atoms with Gasteiger partial charge in [-0.2, -0.15) is 0 Å². The fourth-order valence-electron chi connectivity index (χ4n) is 6.25. The first kappa shape index (κ1) is 20.2. The summed E-state index contributed by atoms with van der Waals surface area (Å²) in [6.07, 6.45) is 6.78. The van der Waals surface area contributed by atoms with Crippen molar-refractivity contribution in [3.05, 3.63) is 47.5 Å². The number of hydrogen-bond donors (Lipinski definition) is 0. The number of allylic oxidation sites excluding steroid dienone is 1. The molecule has 0 aliphatic heterocycles. The molecule has 6 rings (SSSR count). The fraction of sp³-hybridized carbons (Fsp3) is 0.455. The van der Waals surface area contributed by atoms with Gasteiger partial charge in [0.1, 0.15) is 0 Å². The van der Waals surface area contributed by atoms with E-state index in [2.05, 4.69) is 24.3 Å². The normalized spacial score (nSPS) is 28.7. The van der Waals surface area contributed by atoms with Crippen LogP contribution < -0.4 is 4.52 Å². The molecule has 0 aromatic heterocycles. The van der Waals surface area contributed by atoms with E-state index in [0.717, 1.165) is 39.7 Å². The van der Waals surface area contributed by atoms with E-state index in [1.54, 1.807) is 5.57 Å². The standard InChI is InChI=1S/C22H23O3P.2Na/c1-24-22(20-16-9-13-8-14(11-16)12-17(20)10-13)18-6-2-4-15-5-3-7-19(21(15)18)25-26-23;;/h2-7,13-14,16-17H,8-12H2,1H3;;. The third-order valence-corrected chi connectivity index (χ3v) is 8.65. The number of benzene rings is 2. The molecule has 2 aromatic carbocycles. The van der Waals surface area contributed by atoms with Crippen LogP contribution in [0.2, 0.25) is 0 Å². The third kappa shape index (κ3) is 3.71. The molecule has 4 saturated carbocycles. The maximum atomic E-state index is 12.5. The van der Waals surface area contributed by atoms with E-state index in [0.29, 0.717) is 66.4 Å². The molecule has 4 fully saturated rings. The number of ether oxygens (including phenoxy) is 1. The monoisotopic (exact) mass is 412 g/mol. The van der Waals surface area contributed by atoms with E-state index in [1.807, 2.05) is 19.2 Å². The van der Waals surface area contributed by atoms with Gasteiger partial charge in [-0.25, -0.2) is 0 Å². The SMILES string of the molecule is COC(=C1C2CC3CC(C2)CC1C3)c1cccc2cccc(O[P](=O)([Na])[Na])c12. The summed E-state index contributed by atoms with van der Waals surface area (Å²) in [5.41, 5.74) is 2.67. The van der Waals surface area contributed by atoms with Gasteiger partial charge in [-0.1, -0.05) is 0 Å². The van der Waals surface area contributed by atoms with Crippen molar-refractivity contribution in [2.45, 2.75) is 32.1 Å². The zero-order valence-electron chi connectivity index (χ0n) is 17.0. The molecule has 0 radical (unpaired) electrons. The Kier molecular flexibility index (Phi) is 5.59. The van der Waals surface area contributed by atoms with Crippen molar-refractivity contribution in [2.24, 2.45) is 23.7 Å². The molecule has 6 heteroatoms. The summed E-state index contributed by atoms with van der Waals surface area (Å²) in [4.78, 5) is 0. The predicted molar refractivity (Wildman–Crippen MR) is 115 cm³/mol. The molecule has 4 aliphatic rings. The van der Waals surface area contributed by atoms with E-state index in [4.69, 9.17) is 9.26 Å². The molecule has 4 aliphatic carbocycles. The number of rotatable bonds is 4. The molecule has 3 nitrogen and oxygen atoms in total. The summed E-state index contributed by atoms with van der Waals surface area (Å²) in [5, 5.41) is 2.20. The van der Waals surface area contributed by atoms with E-state index in [-0.39, 0.29) is 0 Å².